The van der Waals surface area contributed by atoms with E-state index in [1.165, 1.54) is 11.0 Å². The second-order valence-electron chi connectivity index (χ2n) is 7.61. The third-order valence-corrected chi connectivity index (χ3v) is 8.83. The predicted molar refractivity (Wildman–Crippen MR) is 120 cm³/mol. The fraction of sp³-hybridized carbons (Fsp3) is 0.333. The van der Waals surface area contributed by atoms with Gasteiger partial charge in [-0.15, -0.1) is 0 Å². The first-order valence-corrected chi connectivity index (χ1v) is 12.8. The molecule has 0 saturated carbocycles. The van der Waals surface area contributed by atoms with E-state index in [1.54, 1.807) is 0 Å². The number of thioether (sulfide) groups is 1. The summed E-state index contributed by atoms with van der Waals surface area (Å²) in [6.45, 7) is 0. The average molecular weight is 503 g/mol. The number of alkyl halides is 3. The van der Waals surface area contributed by atoms with Crippen LogP contribution in [0.15, 0.2) is 53.5 Å². The van der Waals surface area contributed by atoms with E-state index in [9.17, 15) is 26.4 Å². The SMILES string of the molecule is O=C(CCc1ccccc1)N=C1S[C@H]2CS(=O)(=O)C[C@H]2N1c1ccc(Cl)c(C(F)(F)F)c1. The summed E-state index contributed by atoms with van der Waals surface area (Å²) >= 11 is 6.86. The first-order chi connectivity index (χ1) is 15.0. The summed E-state index contributed by atoms with van der Waals surface area (Å²) in [7, 11) is -3.34. The molecule has 0 bridgehead atoms. The van der Waals surface area contributed by atoms with Crippen LogP contribution in [-0.4, -0.2) is 42.3 Å². The van der Waals surface area contributed by atoms with E-state index in [1.807, 2.05) is 30.3 Å². The fourth-order valence-corrected chi connectivity index (χ4v) is 7.96. The van der Waals surface area contributed by atoms with Crippen molar-refractivity contribution in [1.82, 2.24) is 0 Å². The van der Waals surface area contributed by atoms with Crippen molar-refractivity contribution >= 4 is 50.0 Å². The molecule has 2 aliphatic heterocycles. The van der Waals surface area contributed by atoms with Crippen LogP contribution in [-0.2, 0) is 27.2 Å². The summed E-state index contributed by atoms with van der Waals surface area (Å²) in [5.41, 5.74) is 0.0432. The number of fused-ring (bicyclic) bond motifs is 1. The number of carbonyl (C=O) groups is 1. The standard InChI is InChI=1S/C21H18ClF3N2O3S2/c22-16-8-7-14(10-15(16)21(23,24)25)27-17-11-32(29,30)12-18(17)31-20(27)26-19(28)9-6-13-4-2-1-3-5-13/h1-5,7-8,10,17-18H,6,9,11-12H2/t17-,18+/m1/s1. The Bertz CT molecular complexity index is 1170. The molecule has 1 amide bonds. The maximum Gasteiger partial charge on any atom is 0.417 e. The highest BCUT2D eigenvalue weighted by Gasteiger charge is 2.49. The zero-order chi connectivity index (χ0) is 23.1. The van der Waals surface area contributed by atoms with Gasteiger partial charge < -0.3 is 4.90 Å². The second-order valence-corrected chi connectivity index (χ2v) is 11.4. The van der Waals surface area contributed by atoms with Crippen LogP contribution in [0.5, 0.6) is 0 Å². The number of anilines is 1. The van der Waals surface area contributed by atoms with E-state index in [-0.39, 0.29) is 28.8 Å². The summed E-state index contributed by atoms with van der Waals surface area (Å²) in [4.78, 5) is 18.1. The van der Waals surface area contributed by atoms with Crippen LogP contribution >= 0.6 is 23.4 Å². The van der Waals surface area contributed by atoms with Gasteiger partial charge >= 0.3 is 6.18 Å². The number of halogens is 4. The molecule has 0 unspecified atom stereocenters. The lowest BCUT2D eigenvalue weighted by atomic mass is 10.1. The van der Waals surface area contributed by atoms with Crippen molar-refractivity contribution in [2.45, 2.75) is 30.3 Å². The summed E-state index contributed by atoms with van der Waals surface area (Å²) in [5.74, 6) is -0.754. The second kappa shape index (κ2) is 8.72. The van der Waals surface area contributed by atoms with Gasteiger partial charge in [0.2, 0.25) is 5.91 Å². The van der Waals surface area contributed by atoms with Gasteiger partial charge in [-0.1, -0.05) is 53.7 Å². The van der Waals surface area contributed by atoms with E-state index >= 15 is 0 Å². The van der Waals surface area contributed by atoms with E-state index in [2.05, 4.69) is 4.99 Å². The number of benzene rings is 2. The van der Waals surface area contributed by atoms with Gasteiger partial charge in [0.25, 0.3) is 0 Å². The number of amides is 1. The van der Waals surface area contributed by atoms with E-state index in [0.29, 0.717) is 6.42 Å². The normalized spacial score (nSPS) is 23.5. The summed E-state index contributed by atoms with van der Waals surface area (Å²) in [5, 5.41) is -0.657. The molecule has 2 aliphatic rings. The largest absolute Gasteiger partial charge is 0.417 e. The number of rotatable bonds is 4. The topological polar surface area (TPSA) is 66.8 Å². The molecule has 0 aliphatic carbocycles. The molecule has 2 aromatic carbocycles. The maximum atomic E-state index is 13.4. The summed E-state index contributed by atoms with van der Waals surface area (Å²) in [6.07, 6.45) is -4.07. The zero-order valence-electron chi connectivity index (χ0n) is 16.5. The minimum atomic E-state index is -4.68. The molecule has 2 saturated heterocycles. The number of nitrogens with zero attached hydrogens (tertiary/aromatic N) is 2. The Morgan fingerprint density at radius 3 is 2.56 bits per heavy atom. The van der Waals surface area contributed by atoms with Crippen molar-refractivity contribution in [2.24, 2.45) is 4.99 Å². The number of aliphatic imine (C=N–C) groups is 1. The van der Waals surface area contributed by atoms with Gasteiger partial charge in [0.05, 0.1) is 28.1 Å². The number of carbonyl (C=O) groups excluding carboxylic acids is 1. The Labute approximate surface area is 192 Å². The Balaban J connectivity index is 1.65. The molecule has 32 heavy (non-hydrogen) atoms. The number of aryl methyl sites for hydroxylation is 1. The van der Waals surface area contributed by atoms with Gasteiger partial charge in [0, 0.05) is 17.4 Å². The van der Waals surface area contributed by atoms with Crippen molar-refractivity contribution in [1.29, 1.82) is 0 Å². The lowest BCUT2D eigenvalue weighted by molar-refractivity contribution is -0.137. The molecule has 0 spiro atoms. The van der Waals surface area contributed by atoms with Crippen LogP contribution < -0.4 is 4.90 Å². The van der Waals surface area contributed by atoms with Crippen LogP contribution in [0.1, 0.15) is 17.5 Å². The molecule has 11 heteroatoms. The van der Waals surface area contributed by atoms with Gasteiger partial charge in [0.1, 0.15) is 0 Å². The third kappa shape index (κ3) is 4.97. The molecule has 5 nitrogen and oxygen atoms in total. The molecule has 2 atom stereocenters. The van der Waals surface area contributed by atoms with Crippen LogP contribution in [0.4, 0.5) is 18.9 Å². The van der Waals surface area contributed by atoms with Crippen LogP contribution in [0.25, 0.3) is 0 Å². The highest BCUT2D eigenvalue weighted by atomic mass is 35.5. The minimum Gasteiger partial charge on any atom is -0.316 e. The van der Waals surface area contributed by atoms with Crippen molar-refractivity contribution < 1.29 is 26.4 Å². The fourth-order valence-electron chi connectivity index (χ4n) is 3.81. The molecule has 0 N–H and O–H groups in total. The van der Waals surface area contributed by atoms with Crippen LogP contribution in [0, 0.1) is 0 Å². The number of hydrogen-bond acceptors (Lipinski definition) is 4. The molecule has 2 fully saturated rings. The molecular weight excluding hydrogens is 485 g/mol. The van der Waals surface area contributed by atoms with Crippen molar-refractivity contribution in [2.75, 3.05) is 16.4 Å². The Kier molecular flexibility index (Phi) is 6.30. The lowest BCUT2D eigenvalue weighted by Gasteiger charge is -2.25. The first-order valence-electron chi connectivity index (χ1n) is 9.72. The molecule has 170 valence electrons. The maximum absolute atomic E-state index is 13.4. The molecule has 0 radical (unpaired) electrons. The van der Waals surface area contributed by atoms with Crippen molar-refractivity contribution in [3.8, 4) is 0 Å². The quantitative estimate of drug-likeness (QED) is 0.611. The highest BCUT2D eigenvalue weighted by Crippen LogP contribution is 2.43. The van der Waals surface area contributed by atoms with Gasteiger partial charge in [0.15, 0.2) is 15.0 Å². The number of hydrogen-bond donors (Lipinski definition) is 0. The molecule has 0 aromatic heterocycles. The van der Waals surface area contributed by atoms with Crippen molar-refractivity contribution in [3.63, 3.8) is 0 Å². The summed E-state index contributed by atoms with van der Waals surface area (Å²) < 4.78 is 64.4. The van der Waals surface area contributed by atoms with Crippen LogP contribution in [0.3, 0.4) is 0 Å². The monoisotopic (exact) mass is 502 g/mol. The van der Waals surface area contributed by atoms with Gasteiger partial charge in [-0.05, 0) is 30.2 Å². The Morgan fingerprint density at radius 2 is 1.88 bits per heavy atom. The number of amidine groups is 1. The van der Waals surface area contributed by atoms with Crippen molar-refractivity contribution in [3.05, 3.63) is 64.7 Å². The third-order valence-electron chi connectivity index (χ3n) is 5.29. The number of sulfone groups is 1. The predicted octanol–water partition coefficient (Wildman–Crippen LogP) is 4.59. The molecule has 4 rings (SSSR count). The van der Waals surface area contributed by atoms with Gasteiger partial charge in [-0.3, -0.25) is 4.79 Å². The molecule has 2 aromatic rings. The van der Waals surface area contributed by atoms with Gasteiger partial charge in [-0.25, -0.2) is 8.42 Å². The summed E-state index contributed by atoms with van der Waals surface area (Å²) in [6, 6.07) is 12.1. The highest BCUT2D eigenvalue weighted by molar-refractivity contribution is 8.16. The smallest absolute Gasteiger partial charge is 0.316 e. The first kappa shape index (κ1) is 23.1. The average Bonchev–Trinajstić information content (AvgIpc) is 3.17. The van der Waals surface area contributed by atoms with E-state index < -0.39 is 43.8 Å². The lowest BCUT2D eigenvalue weighted by Crippen LogP contribution is -2.37. The van der Waals surface area contributed by atoms with Gasteiger partial charge in [-0.2, -0.15) is 18.2 Å². The molecule has 2 heterocycles. The Morgan fingerprint density at radius 1 is 1.16 bits per heavy atom. The Hall–Kier alpha value is -2.04. The van der Waals surface area contributed by atoms with Crippen LogP contribution in [0.2, 0.25) is 5.02 Å². The van der Waals surface area contributed by atoms with E-state index in [4.69, 9.17) is 11.6 Å². The molecular formula is C21H18ClF3N2O3S2. The zero-order valence-corrected chi connectivity index (χ0v) is 18.9. The minimum absolute atomic E-state index is 0.105. The van der Waals surface area contributed by atoms with E-state index in [0.717, 1.165) is 29.5 Å².